The number of rotatable bonds is 5. The first-order chi connectivity index (χ1) is 9.28. The van der Waals surface area contributed by atoms with Crippen LogP contribution < -0.4 is 10.2 Å². The minimum Gasteiger partial charge on any atom is -0.356 e. The molecule has 3 nitrogen and oxygen atoms in total. The Kier molecular flexibility index (Phi) is 4.33. The molecule has 1 N–H and O–H groups in total. The molecule has 20 heavy (non-hydrogen) atoms. The van der Waals surface area contributed by atoms with Crippen molar-refractivity contribution in [2.45, 2.75) is 58.7 Å². The zero-order valence-electron chi connectivity index (χ0n) is 13.2. The lowest BCUT2D eigenvalue weighted by atomic mass is 10.1. The van der Waals surface area contributed by atoms with E-state index in [1.54, 1.807) is 6.07 Å². The van der Waals surface area contributed by atoms with Crippen molar-refractivity contribution in [1.29, 1.82) is 0 Å². The Hall–Kier alpha value is -1.16. The molecule has 0 amide bonds. The summed E-state index contributed by atoms with van der Waals surface area (Å²) in [5.74, 6) is 1.38. The largest absolute Gasteiger partial charge is 0.356 e. The van der Waals surface area contributed by atoms with E-state index in [0.29, 0.717) is 12.6 Å². The van der Waals surface area contributed by atoms with Crippen molar-refractivity contribution >= 4 is 5.82 Å². The molecule has 0 aliphatic heterocycles. The van der Waals surface area contributed by atoms with Gasteiger partial charge < -0.3 is 10.2 Å². The van der Waals surface area contributed by atoms with Crippen LogP contribution in [0.2, 0.25) is 0 Å². The lowest BCUT2D eigenvalue weighted by Crippen LogP contribution is -2.37. The highest BCUT2D eigenvalue weighted by molar-refractivity contribution is 5.47. The molecule has 1 saturated carbocycles. The Morgan fingerprint density at radius 2 is 2.10 bits per heavy atom. The van der Waals surface area contributed by atoms with Crippen molar-refractivity contribution in [3.05, 3.63) is 23.6 Å². The number of pyridine rings is 1. The van der Waals surface area contributed by atoms with E-state index in [-0.39, 0.29) is 11.4 Å². The first-order valence-electron chi connectivity index (χ1n) is 7.40. The second-order valence-corrected chi connectivity index (χ2v) is 6.93. The van der Waals surface area contributed by atoms with Gasteiger partial charge in [-0.15, -0.1) is 0 Å². The summed E-state index contributed by atoms with van der Waals surface area (Å²) in [6, 6.07) is 2.05. The first kappa shape index (κ1) is 15.2. The van der Waals surface area contributed by atoms with Gasteiger partial charge in [-0.1, -0.05) is 0 Å². The van der Waals surface area contributed by atoms with Crippen molar-refractivity contribution in [3.8, 4) is 0 Å². The van der Waals surface area contributed by atoms with Crippen LogP contribution in [0.25, 0.3) is 0 Å². The van der Waals surface area contributed by atoms with Crippen molar-refractivity contribution in [1.82, 2.24) is 10.3 Å². The minimum absolute atomic E-state index is 0.00423. The third kappa shape index (κ3) is 3.92. The molecule has 1 aliphatic carbocycles. The van der Waals surface area contributed by atoms with Crippen LogP contribution in [-0.2, 0) is 6.54 Å². The lowest BCUT2D eigenvalue weighted by molar-refractivity contribution is 0.423. The number of hydrogen-bond acceptors (Lipinski definition) is 3. The summed E-state index contributed by atoms with van der Waals surface area (Å²) < 4.78 is 13.5. The Bertz CT molecular complexity index is 463. The second kappa shape index (κ2) is 5.68. The summed E-state index contributed by atoms with van der Waals surface area (Å²) in [5, 5.41) is 3.41. The van der Waals surface area contributed by atoms with E-state index in [0.717, 1.165) is 17.3 Å². The smallest absolute Gasteiger partial charge is 0.141 e. The number of hydrogen-bond donors (Lipinski definition) is 1. The van der Waals surface area contributed by atoms with E-state index in [1.165, 1.54) is 19.0 Å². The quantitative estimate of drug-likeness (QED) is 0.896. The highest BCUT2D eigenvalue weighted by Gasteiger charge is 2.31. The Labute approximate surface area is 121 Å². The van der Waals surface area contributed by atoms with Crippen molar-refractivity contribution in [3.63, 3.8) is 0 Å². The number of nitrogens with zero attached hydrogens (tertiary/aromatic N) is 2. The van der Waals surface area contributed by atoms with E-state index < -0.39 is 0 Å². The predicted octanol–water partition coefficient (Wildman–Crippen LogP) is 3.34. The Morgan fingerprint density at radius 3 is 2.65 bits per heavy atom. The monoisotopic (exact) mass is 279 g/mol. The summed E-state index contributed by atoms with van der Waals surface area (Å²) in [5.41, 5.74) is 0.930. The van der Waals surface area contributed by atoms with Crippen LogP contribution in [0.4, 0.5) is 10.2 Å². The van der Waals surface area contributed by atoms with Crippen LogP contribution in [0.3, 0.4) is 0 Å². The average molecular weight is 279 g/mol. The fourth-order valence-electron chi connectivity index (χ4n) is 2.37. The normalized spacial score (nSPS) is 17.1. The van der Waals surface area contributed by atoms with Gasteiger partial charge in [-0.05, 0) is 52.5 Å². The van der Waals surface area contributed by atoms with Gasteiger partial charge in [-0.25, -0.2) is 9.37 Å². The van der Waals surface area contributed by atoms with Gasteiger partial charge in [0.1, 0.15) is 11.6 Å². The molecule has 0 aromatic carbocycles. The third-order valence-electron chi connectivity index (χ3n) is 3.97. The summed E-state index contributed by atoms with van der Waals surface area (Å²) in [4.78, 5) is 6.51. The van der Waals surface area contributed by atoms with E-state index in [1.807, 2.05) is 0 Å². The van der Waals surface area contributed by atoms with Crippen molar-refractivity contribution in [2.75, 3.05) is 11.9 Å². The van der Waals surface area contributed by atoms with Gasteiger partial charge in [-0.3, -0.25) is 0 Å². The van der Waals surface area contributed by atoms with Crippen LogP contribution in [0, 0.1) is 11.7 Å². The number of nitrogens with one attached hydrogen (secondary N) is 1. The Morgan fingerprint density at radius 1 is 1.45 bits per heavy atom. The van der Waals surface area contributed by atoms with Gasteiger partial charge in [0.05, 0.1) is 6.20 Å². The fraction of sp³-hybridized carbons (Fsp3) is 0.688. The molecule has 1 aromatic rings. The molecule has 1 heterocycles. The number of anilines is 1. The first-order valence-corrected chi connectivity index (χ1v) is 7.40. The highest BCUT2D eigenvalue weighted by atomic mass is 19.1. The van der Waals surface area contributed by atoms with Crippen LogP contribution in [0.1, 0.15) is 46.1 Å². The molecular weight excluding hydrogens is 253 g/mol. The molecule has 1 atom stereocenters. The second-order valence-electron chi connectivity index (χ2n) is 6.93. The summed E-state index contributed by atoms with van der Waals surface area (Å²) in [6.45, 7) is 9.18. The molecule has 1 unspecified atom stereocenters. The lowest BCUT2D eigenvalue weighted by Gasteiger charge is -2.29. The standard InChI is InChI=1S/C16H26FN3/c1-11(12-6-7-12)20(5)15-13(8-14(17)10-18-15)9-19-16(2,3)4/h8,10-12,19H,6-7,9H2,1-5H3. The maximum absolute atomic E-state index is 13.5. The van der Waals surface area contributed by atoms with Crippen molar-refractivity contribution in [2.24, 2.45) is 5.92 Å². The van der Waals surface area contributed by atoms with Gasteiger partial charge in [0.25, 0.3) is 0 Å². The zero-order valence-corrected chi connectivity index (χ0v) is 13.2. The summed E-state index contributed by atoms with van der Waals surface area (Å²) in [6.07, 6.45) is 3.90. The zero-order chi connectivity index (χ0) is 14.9. The SMILES string of the molecule is CC(C1CC1)N(C)c1ncc(F)cc1CNC(C)(C)C. The van der Waals surface area contributed by atoms with Crippen LogP contribution in [0.5, 0.6) is 0 Å². The molecule has 1 aromatic heterocycles. The van der Waals surface area contributed by atoms with E-state index in [9.17, 15) is 4.39 Å². The minimum atomic E-state index is -0.271. The molecule has 112 valence electrons. The van der Waals surface area contributed by atoms with Crippen LogP contribution in [0.15, 0.2) is 12.3 Å². The fourth-order valence-corrected chi connectivity index (χ4v) is 2.37. The Balaban J connectivity index is 2.18. The van der Waals surface area contributed by atoms with E-state index in [4.69, 9.17) is 0 Å². The topological polar surface area (TPSA) is 28.2 Å². The molecule has 0 saturated heterocycles. The predicted molar refractivity (Wildman–Crippen MR) is 81.4 cm³/mol. The average Bonchev–Trinajstić information content (AvgIpc) is 3.18. The molecule has 1 aliphatic rings. The van der Waals surface area contributed by atoms with Gasteiger partial charge in [0.15, 0.2) is 0 Å². The third-order valence-corrected chi connectivity index (χ3v) is 3.97. The highest BCUT2D eigenvalue weighted by Crippen LogP contribution is 2.36. The molecule has 0 radical (unpaired) electrons. The molecule has 0 spiro atoms. The summed E-state index contributed by atoms with van der Waals surface area (Å²) >= 11 is 0. The molecule has 0 bridgehead atoms. The number of halogens is 1. The maximum Gasteiger partial charge on any atom is 0.141 e. The van der Waals surface area contributed by atoms with Crippen molar-refractivity contribution < 1.29 is 4.39 Å². The van der Waals surface area contributed by atoms with Gasteiger partial charge >= 0.3 is 0 Å². The molecular formula is C16H26FN3. The van der Waals surface area contributed by atoms with Gasteiger partial charge in [0.2, 0.25) is 0 Å². The van der Waals surface area contributed by atoms with Gasteiger partial charge in [0, 0.05) is 30.7 Å². The maximum atomic E-state index is 13.5. The summed E-state index contributed by atoms with van der Waals surface area (Å²) in [7, 11) is 2.06. The van der Waals surface area contributed by atoms with E-state index in [2.05, 4.69) is 49.9 Å². The molecule has 2 rings (SSSR count). The van der Waals surface area contributed by atoms with Crippen LogP contribution in [-0.4, -0.2) is 23.6 Å². The molecule has 1 fully saturated rings. The van der Waals surface area contributed by atoms with E-state index >= 15 is 0 Å². The number of aromatic nitrogens is 1. The molecule has 4 heteroatoms. The van der Waals surface area contributed by atoms with Crippen LogP contribution >= 0.6 is 0 Å². The van der Waals surface area contributed by atoms with Gasteiger partial charge in [-0.2, -0.15) is 0 Å².